The van der Waals surface area contributed by atoms with Crippen molar-refractivity contribution in [3.8, 4) is 0 Å². The molecule has 52 valence electrons. The summed E-state index contributed by atoms with van der Waals surface area (Å²) in [5.41, 5.74) is 4.57. The lowest BCUT2D eigenvalue weighted by molar-refractivity contribution is -0.0425. The summed E-state index contributed by atoms with van der Waals surface area (Å²) in [6.45, 7) is 1.30. The van der Waals surface area contributed by atoms with E-state index in [0.29, 0.717) is 19.4 Å². The average molecular weight is 130 g/mol. The number of nitrogens with one attached hydrogen (secondary N) is 1. The van der Waals surface area contributed by atoms with E-state index in [1.54, 1.807) is 0 Å². The minimum Gasteiger partial charge on any atom is -0.324 e. The summed E-state index contributed by atoms with van der Waals surface area (Å²) in [6.07, 6.45) is 1.12. The summed E-state index contributed by atoms with van der Waals surface area (Å²) < 4.78 is 13.0. The molecule has 2 bridgehead atoms. The van der Waals surface area contributed by atoms with Crippen LogP contribution in [0.2, 0.25) is 0 Å². The van der Waals surface area contributed by atoms with Gasteiger partial charge < -0.3 is 11.1 Å². The maximum absolute atomic E-state index is 13.0. The zero-order chi connectivity index (χ0) is 6.54. The first-order chi connectivity index (χ1) is 4.12. The minimum atomic E-state index is -0.951. The van der Waals surface area contributed by atoms with Gasteiger partial charge in [0.05, 0.1) is 0 Å². The maximum atomic E-state index is 13.0. The Hall–Kier alpha value is -0.150. The number of piperidine rings is 2. The van der Waals surface area contributed by atoms with Gasteiger partial charge in [-0.2, -0.15) is 0 Å². The highest BCUT2D eigenvalue weighted by Crippen LogP contribution is 2.44. The normalized spacial score (nSPS) is 56.7. The Morgan fingerprint density at radius 3 is 2.33 bits per heavy atom. The molecule has 0 atom stereocenters. The molecule has 3 heteroatoms. The summed E-state index contributed by atoms with van der Waals surface area (Å²) in [7, 11) is 0. The maximum Gasteiger partial charge on any atom is 0.127 e. The van der Waals surface area contributed by atoms with Crippen LogP contribution in [0.3, 0.4) is 0 Å². The van der Waals surface area contributed by atoms with Gasteiger partial charge in [-0.3, -0.25) is 0 Å². The van der Waals surface area contributed by atoms with Gasteiger partial charge >= 0.3 is 0 Å². The zero-order valence-electron chi connectivity index (χ0n) is 5.28. The average Bonchev–Trinajstić information content (AvgIpc) is 1.59. The van der Waals surface area contributed by atoms with Gasteiger partial charge in [0.15, 0.2) is 0 Å². The van der Waals surface area contributed by atoms with Crippen molar-refractivity contribution in [3.63, 3.8) is 0 Å². The van der Waals surface area contributed by atoms with Gasteiger partial charge in [-0.1, -0.05) is 0 Å². The number of nitrogens with two attached hydrogens (primary N) is 1. The van der Waals surface area contributed by atoms with Gasteiger partial charge in [0, 0.05) is 31.5 Å². The molecule has 2 nitrogen and oxygen atoms in total. The number of alkyl halides is 1. The topological polar surface area (TPSA) is 38.0 Å². The molecule has 0 unspecified atom stereocenters. The summed E-state index contributed by atoms with van der Waals surface area (Å²) in [5.74, 6) is 0. The van der Waals surface area contributed by atoms with Gasteiger partial charge in [0.25, 0.3) is 0 Å². The van der Waals surface area contributed by atoms with Crippen LogP contribution in [0, 0.1) is 0 Å². The number of fused-ring (bicyclic) bond motifs is 2. The molecule has 0 amide bonds. The first kappa shape index (κ1) is 5.62. The van der Waals surface area contributed by atoms with Crippen molar-refractivity contribution in [3.05, 3.63) is 0 Å². The molecule has 3 rings (SSSR count). The molecule has 1 saturated carbocycles. The first-order valence-electron chi connectivity index (χ1n) is 3.31. The van der Waals surface area contributed by atoms with Gasteiger partial charge in [-0.15, -0.1) is 0 Å². The number of hydrogen-bond acceptors (Lipinski definition) is 2. The second-order valence-corrected chi connectivity index (χ2v) is 3.47. The van der Waals surface area contributed by atoms with Crippen molar-refractivity contribution in [2.75, 3.05) is 13.1 Å². The van der Waals surface area contributed by atoms with Crippen LogP contribution in [-0.4, -0.2) is 24.3 Å². The van der Waals surface area contributed by atoms with Crippen molar-refractivity contribution in [2.45, 2.75) is 24.0 Å². The molecule has 0 radical (unpaired) electrons. The van der Waals surface area contributed by atoms with Crippen LogP contribution >= 0.6 is 0 Å². The van der Waals surface area contributed by atoms with E-state index in [1.807, 2.05) is 0 Å². The van der Waals surface area contributed by atoms with Gasteiger partial charge in [-0.25, -0.2) is 4.39 Å². The van der Waals surface area contributed by atoms with Crippen molar-refractivity contribution in [1.82, 2.24) is 5.32 Å². The molecule has 3 aliphatic rings. The van der Waals surface area contributed by atoms with Crippen LogP contribution in [0.4, 0.5) is 4.39 Å². The van der Waals surface area contributed by atoms with Crippen LogP contribution in [-0.2, 0) is 0 Å². The van der Waals surface area contributed by atoms with Gasteiger partial charge in [0.2, 0.25) is 0 Å². The molecule has 0 aromatic heterocycles. The third-order valence-corrected chi connectivity index (χ3v) is 2.26. The molecule has 1 aliphatic carbocycles. The second-order valence-electron chi connectivity index (χ2n) is 3.47. The number of hydrogen-bond donors (Lipinski definition) is 2. The Balaban J connectivity index is 2.12. The summed E-state index contributed by atoms with van der Waals surface area (Å²) in [4.78, 5) is 0. The third kappa shape index (κ3) is 0.682. The third-order valence-electron chi connectivity index (χ3n) is 2.26. The van der Waals surface area contributed by atoms with Crippen LogP contribution in [0.25, 0.3) is 0 Å². The highest BCUT2D eigenvalue weighted by molar-refractivity contribution is 5.14. The molecular weight excluding hydrogens is 119 g/mol. The SMILES string of the molecule is NC12CNCC(F)(C1)C2. The molecule has 2 saturated heterocycles. The van der Waals surface area contributed by atoms with E-state index in [-0.39, 0.29) is 5.54 Å². The predicted molar refractivity (Wildman–Crippen MR) is 32.9 cm³/mol. The van der Waals surface area contributed by atoms with Crippen molar-refractivity contribution in [2.24, 2.45) is 5.73 Å². The monoisotopic (exact) mass is 130 g/mol. The quantitative estimate of drug-likeness (QED) is 0.476. The fourth-order valence-corrected chi connectivity index (χ4v) is 2.00. The molecule has 9 heavy (non-hydrogen) atoms. The van der Waals surface area contributed by atoms with E-state index in [4.69, 9.17) is 5.73 Å². The zero-order valence-corrected chi connectivity index (χ0v) is 5.28. The Morgan fingerprint density at radius 2 is 2.00 bits per heavy atom. The molecule has 2 aliphatic heterocycles. The number of halogens is 1. The molecular formula is C6H11FN2. The van der Waals surface area contributed by atoms with E-state index in [0.717, 1.165) is 6.54 Å². The lowest BCUT2D eigenvalue weighted by Crippen LogP contribution is -2.72. The molecule has 0 aromatic carbocycles. The second kappa shape index (κ2) is 1.30. The first-order valence-corrected chi connectivity index (χ1v) is 3.31. The highest BCUT2D eigenvalue weighted by atomic mass is 19.1. The lowest BCUT2D eigenvalue weighted by Gasteiger charge is -2.54. The van der Waals surface area contributed by atoms with E-state index in [2.05, 4.69) is 5.32 Å². The van der Waals surface area contributed by atoms with E-state index >= 15 is 0 Å². The summed E-state index contributed by atoms with van der Waals surface area (Å²) in [5, 5.41) is 2.97. The smallest absolute Gasteiger partial charge is 0.127 e. The summed E-state index contributed by atoms with van der Waals surface area (Å²) >= 11 is 0. The van der Waals surface area contributed by atoms with E-state index < -0.39 is 5.67 Å². The highest BCUT2D eigenvalue weighted by Gasteiger charge is 2.56. The minimum absolute atomic E-state index is 0.201. The molecule has 3 fully saturated rings. The Kier molecular flexibility index (Phi) is 0.810. The van der Waals surface area contributed by atoms with Crippen molar-refractivity contribution >= 4 is 0 Å². The fourth-order valence-electron chi connectivity index (χ4n) is 2.00. The Bertz CT molecular complexity index is 126. The van der Waals surface area contributed by atoms with E-state index in [1.165, 1.54) is 0 Å². The largest absolute Gasteiger partial charge is 0.324 e. The van der Waals surface area contributed by atoms with Crippen LogP contribution in [0.1, 0.15) is 12.8 Å². The fraction of sp³-hybridized carbons (Fsp3) is 1.00. The van der Waals surface area contributed by atoms with Crippen LogP contribution in [0.5, 0.6) is 0 Å². The van der Waals surface area contributed by atoms with Crippen molar-refractivity contribution < 1.29 is 4.39 Å². The Labute approximate surface area is 53.6 Å². The predicted octanol–water partition coefficient (Wildman–Crippen LogP) is -0.211. The standard InChI is InChI=1S/C6H11FN2/c7-5-1-6(8,2-5)4-9-3-5/h9H,1-4,8H2. The molecule has 3 N–H and O–H groups in total. The molecule has 0 spiro atoms. The van der Waals surface area contributed by atoms with Gasteiger partial charge in [-0.05, 0) is 0 Å². The van der Waals surface area contributed by atoms with Crippen molar-refractivity contribution in [1.29, 1.82) is 0 Å². The lowest BCUT2D eigenvalue weighted by atomic mass is 9.64. The Morgan fingerprint density at radius 1 is 1.33 bits per heavy atom. The number of rotatable bonds is 0. The summed E-state index contributed by atoms with van der Waals surface area (Å²) in [6, 6.07) is 0. The molecule has 0 aromatic rings. The van der Waals surface area contributed by atoms with Crippen LogP contribution < -0.4 is 11.1 Å². The van der Waals surface area contributed by atoms with Crippen LogP contribution in [0.15, 0.2) is 0 Å². The molecule has 2 heterocycles. The van der Waals surface area contributed by atoms with E-state index in [9.17, 15) is 4.39 Å². The van der Waals surface area contributed by atoms with Gasteiger partial charge in [0.1, 0.15) is 5.67 Å².